The Morgan fingerprint density at radius 1 is 1.63 bits per heavy atom. The van der Waals surface area contributed by atoms with Crippen LogP contribution < -0.4 is 0 Å². The smallest absolute Gasteiger partial charge is 0.331 e. The van der Waals surface area contributed by atoms with Gasteiger partial charge < -0.3 is 14.8 Å². The highest BCUT2D eigenvalue weighted by atomic mass is 16.5. The minimum absolute atomic E-state index is 0.254. The van der Waals surface area contributed by atoms with Crippen LogP contribution >= 0.6 is 0 Å². The van der Waals surface area contributed by atoms with Gasteiger partial charge in [0.05, 0.1) is 18.0 Å². The van der Waals surface area contributed by atoms with Gasteiger partial charge in [-0.1, -0.05) is 6.58 Å². The fourth-order valence-corrected chi connectivity index (χ4v) is 2.13. The molecule has 1 atom stereocenters. The second-order valence-corrected chi connectivity index (χ2v) is 4.80. The monoisotopic (exact) mass is 262 g/mol. The normalized spacial score (nSPS) is 19.7. The molecular formula is C14H18N2O3. The van der Waals surface area contributed by atoms with Crippen molar-refractivity contribution in [2.45, 2.75) is 26.2 Å². The summed E-state index contributed by atoms with van der Waals surface area (Å²) in [5, 5.41) is 8.87. The average molecular weight is 262 g/mol. The van der Waals surface area contributed by atoms with Gasteiger partial charge in [-0.2, -0.15) is 0 Å². The number of imidazole rings is 1. The molecule has 0 bridgehead atoms. The Morgan fingerprint density at radius 3 is 2.95 bits per heavy atom. The van der Waals surface area contributed by atoms with E-state index in [1.54, 1.807) is 13.0 Å². The summed E-state index contributed by atoms with van der Waals surface area (Å²) >= 11 is 0. The average Bonchev–Trinajstić information content (AvgIpc) is 2.96. The van der Waals surface area contributed by atoms with Crippen molar-refractivity contribution < 1.29 is 14.6 Å². The van der Waals surface area contributed by atoms with E-state index < -0.39 is 5.97 Å². The van der Waals surface area contributed by atoms with E-state index in [1.165, 1.54) is 0 Å². The van der Waals surface area contributed by atoms with Crippen LogP contribution in [-0.4, -0.2) is 34.3 Å². The first-order chi connectivity index (χ1) is 8.99. The second kappa shape index (κ2) is 5.40. The number of hydrogen-bond acceptors (Lipinski definition) is 3. The van der Waals surface area contributed by atoms with Crippen molar-refractivity contribution in [2.24, 2.45) is 0 Å². The van der Waals surface area contributed by atoms with Crippen molar-refractivity contribution in [1.29, 1.82) is 0 Å². The fraction of sp³-hybridized carbons (Fsp3) is 0.429. The van der Waals surface area contributed by atoms with Crippen molar-refractivity contribution >= 4 is 11.5 Å². The van der Waals surface area contributed by atoms with E-state index in [9.17, 15) is 4.79 Å². The molecule has 0 aliphatic carbocycles. The third-order valence-corrected chi connectivity index (χ3v) is 3.27. The van der Waals surface area contributed by atoms with Crippen LogP contribution in [0.3, 0.4) is 0 Å². The summed E-state index contributed by atoms with van der Waals surface area (Å²) < 4.78 is 5.35. The molecule has 0 aromatic carbocycles. The van der Waals surface area contributed by atoms with Crippen molar-refractivity contribution in [3.8, 4) is 0 Å². The highest BCUT2D eigenvalue weighted by Crippen LogP contribution is 2.26. The van der Waals surface area contributed by atoms with Crippen LogP contribution in [0.25, 0.3) is 5.57 Å². The molecule has 0 radical (unpaired) electrons. The molecule has 1 aromatic rings. The zero-order valence-electron chi connectivity index (χ0n) is 11.2. The summed E-state index contributed by atoms with van der Waals surface area (Å²) in [4.78, 5) is 18.5. The van der Waals surface area contributed by atoms with E-state index in [0.29, 0.717) is 18.1 Å². The van der Waals surface area contributed by atoms with E-state index in [4.69, 9.17) is 9.84 Å². The van der Waals surface area contributed by atoms with Gasteiger partial charge in [0, 0.05) is 18.1 Å². The van der Waals surface area contributed by atoms with Gasteiger partial charge in [0.1, 0.15) is 5.82 Å². The van der Waals surface area contributed by atoms with Crippen molar-refractivity contribution in [1.82, 2.24) is 9.97 Å². The molecule has 0 spiro atoms. The summed E-state index contributed by atoms with van der Waals surface area (Å²) in [6.45, 7) is 8.79. The Balaban J connectivity index is 2.23. The molecule has 1 unspecified atom stereocenters. The molecule has 2 heterocycles. The number of hydrogen-bond donors (Lipinski definition) is 2. The molecular weight excluding hydrogens is 244 g/mol. The third-order valence-electron chi connectivity index (χ3n) is 3.27. The van der Waals surface area contributed by atoms with Crippen LogP contribution in [0.4, 0.5) is 0 Å². The van der Waals surface area contributed by atoms with Crippen LogP contribution in [0, 0.1) is 6.92 Å². The van der Waals surface area contributed by atoms with Crippen LogP contribution in [0.5, 0.6) is 0 Å². The number of allylic oxidation sites excluding steroid dienone is 2. The van der Waals surface area contributed by atoms with E-state index >= 15 is 0 Å². The maximum atomic E-state index is 10.8. The number of ether oxygens (including phenoxy) is 1. The highest BCUT2D eigenvalue weighted by Gasteiger charge is 2.22. The van der Waals surface area contributed by atoms with Crippen LogP contribution in [0.1, 0.15) is 36.5 Å². The summed E-state index contributed by atoms with van der Waals surface area (Å²) in [6, 6.07) is 0. The SMILES string of the molecule is C=C(/C=C(\C)C(=O)O)c1[nH]c(C2CCOC2)nc1C. The van der Waals surface area contributed by atoms with Gasteiger partial charge in [-0.25, -0.2) is 9.78 Å². The fourth-order valence-electron chi connectivity index (χ4n) is 2.13. The van der Waals surface area contributed by atoms with E-state index in [2.05, 4.69) is 16.5 Å². The second-order valence-electron chi connectivity index (χ2n) is 4.80. The number of carbonyl (C=O) groups is 1. The number of carboxylic acids is 1. The first-order valence-electron chi connectivity index (χ1n) is 6.24. The third kappa shape index (κ3) is 2.93. The standard InChI is InChI=1S/C14H18N2O3/c1-8(6-9(2)14(17)18)12-10(3)15-13(16-12)11-4-5-19-7-11/h6,11H,1,4-5,7H2,2-3H3,(H,15,16)(H,17,18)/b9-6+. The maximum Gasteiger partial charge on any atom is 0.331 e. The molecule has 2 N–H and O–H groups in total. The molecule has 5 heteroatoms. The molecule has 102 valence electrons. The largest absolute Gasteiger partial charge is 0.478 e. The number of nitrogens with one attached hydrogen (secondary N) is 1. The molecule has 5 nitrogen and oxygen atoms in total. The van der Waals surface area contributed by atoms with Gasteiger partial charge in [0.15, 0.2) is 0 Å². The number of aliphatic carboxylic acids is 1. The molecule has 19 heavy (non-hydrogen) atoms. The zero-order chi connectivity index (χ0) is 14.0. The minimum atomic E-state index is -0.942. The molecule has 0 saturated carbocycles. The number of aryl methyl sites for hydroxylation is 1. The first kappa shape index (κ1) is 13.5. The molecule has 1 aliphatic rings. The lowest BCUT2D eigenvalue weighted by Crippen LogP contribution is -2.00. The number of H-pyrrole nitrogens is 1. The van der Waals surface area contributed by atoms with E-state index in [0.717, 1.165) is 30.2 Å². The lowest BCUT2D eigenvalue weighted by molar-refractivity contribution is -0.132. The predicted molar refractivity (Wildman–Crippen MR) is 71.9 cm³/mol. The topological polar surface area (TPSA) is 75.2 Å². The van der Waals surface area contributed by atoms with Crippen LogP contribution in [0.2, 0.25) is 0 Å². The Hall–Kier alpha value is -1.88. The molecule has 1 fully saturated rings. The van der Waals surface area contributed by atoms with Gasteiger partial charge in [0.2, 0.25) is 0 Å². The van der Waals surface area contributed by atoms with Crippen molar-refractivity contribution in [3.05, 3.63) is 35.4 Å². The summed E-state index contributed by atoms with van der Waals surface area (Å²) in [5.74, 6) is 0.250. The number of aromatic amines is 1. The lowest BCUT2D eigenvalue weighted by Gasteiger charge is -2.02. The van der Waals surface area contributed by atoms with Crippen molar-refractivity contribution in [2.75, 3.05) is 13.2 Å². The first-order valence-corrected chi connectivity index (χ1v) is 6.24. The Morgan fingerprint density at radius 2 is 2.37 bits per heavy atom. The van der Waals surface area contributed by atoms with Gasteiger partial charge in [-0.15, -0.1) is 0 Å². The minimum Gasteiger partial charge on any atom is -0.478 e. The van der Waals surface area contributed by atoms with E-state index in [1.807, 2.05) is 6.92 Å². The van der Waals surface area contributed by atoms with Crippen molar-refractivity contribution in [3.63, 3.8) is 0 Å². The Labute approximate surface area is 112 Å². The summed E-state index contributed by atoms with van der Waals surface area (Å²) in [7, 11) is 0. The Bertz CT molecular complexity index is 537. The molecule has 1 aliphatic heterocycles. The highest BCUT2D eigenvalue weighted by molar-refractivity contribution is 5.90. The molecule has 1 saturated heterocycles. The molecule has 2 rings (SSSR count). The van der Waals surface area contributed by atoms with Crippen LogP contribution in [-0.2, 0) is 9.53 Å². The summed E-state index contributed by atoms with van der Waals surface area (Å²) in [6.07, 6.45) is 2.51. The lowest BCUT2D eigenvalue weighted by atomic mass is 10.1. The van der Waals surface area contributed by atoms with Gasteiger partial charge in [0.25, 0.3) is 0 Å². The number of nitrogens with zero attached hydrogens (tertiary/aromatic N) is 1. The van der Waals surface area contributed by atoms with Gasteiger partial charge in [-0.3, -0.25) is 0 Å². The number of rotatable bonds is 4. The molecule has 0 amide bonds. The predicted octanol–water partition coefficient (Wildman–Crippen LogP) is 2.27. The van der Waals surface area contributed by atoms with Crippen LogP contribution in [0.15, 0.2) is 18.2 Å². The maximum absolute atomic E-state index is 10.8. The quantitative estimate of drug-likeness (QED) is 0.644. The molecule has 1 aromatic heterocycles. The number of aromatic nitrogens is 2. The van der Waals surface area contributed by atoms with Gasteiger partial charge in [-0.05, 0) is 31.9 Å². The Kier molecular flexibility index (Phi) is 3.85. The summed E-state index contributed by atoms with van der Waals surface area (Å²) in [5.41, 5.74) is 2.52. The van der Waals surface area contributed by atoms with E-state index in [-0.39, 0.29) is 5.57 Å². The van der Waals surface area contributed by atoms with Gasteiger partial charge >= 0.3 is 5.97 Å². The zero-order valence-corrected chi connectivity index (χ0v) is 11.2. The number of carboxylic acid groups (broad SMARTS) is 1.